The highest BCUT2D eigenvalue weighted by Gasteiger charge is 2.33. The minimum atomic E-state index is -0.147. The van der Waals surface area contributed by atoms with E-state index in [-0.39, 0.29) is 23.6 Å². The van der Waals surface area contributed by atoms with Crippen molar-refractivity contribution in [2.24, 2.45) is 5.92 Å². The second-order valence-electron chi connectivity index (χ2n) is 10.0. The van der Waals surface area contributed by atoms with Gasteiger partial charge in [-0.25, -0.2) is 9.50 Å². The summed E-state index contributed by atoms with van der Waals surface area (Å²) in [5, 5.41) is 20.0. The van der Waals surface area contributed by atoms with Crippen molar-refractivity contribution in [3.05, 3.63) is 41.9 Å². The highest BCUT2D eigenvalue weighted by molar-refractivity contribution is 6.00. The molecule has 1 aliphatic rings. The number of fused-ring (bicyclic) bond motifs is 1. The number of rotatable bonds is 7. The summed E-state index contributed by atoms with van der Waals surface area (Å²) in [5.41, 5.74) is 3.39. The number of anilines is 1. The summed E-state index contributed by atoms with van der Waals surface area (Å²) < 4.78 is 7.31. The molecule has 0 aliphatic heterocycles. The minimum absolute atomic E-state index is 0.127. The molecule has 35 heavy (non-hydrogen) atoms. The van der Waals surface area contributed by atoms with Gasteiger partial charge in [0, 0.05) is 31.5 Å². The van der Waals surface area contributed by atoms with Crippen molar-refractivity contribution in [2.75, 3.05) is 12.4 Å². The molecule has 1 aliphatic carbocycles. The molecule has 3 aromatic heterocycles. The molecule has 3 aromatic rings. The lowest BCUT2D eigenvalue weighted by molar-refractivity contribution is -0.0421. The number of carbonyl (C=O) groups is 1. The Morgan fingerprint density at radius 3 is 2.57 bits per heavy atom. The number of hydrogen-bond donors (Lipinski definition) is 2. The normalized spacial score (nSPS) is 18.4. The first-order valence-electron chi connectivity index (χ1n) is 12.1. The first-order valence-corrected chi connectivity index (χ1v) is 12.1. The van der Waals surface area contributed by atoms with Crippen molar-refractivity contribution in [2.45, 2.75) is 71.1 Å². The van der Waals surface area contributed by atoms with E-state index in [1.165, 1.54) is 6.20 Å². The number of imidazole rings is 1. The lowest BCUT2D eigenvalue weighted by atomic mass is 9.77. The summed E-state index contributed by atoms with van der Waals surface area (Å²) in [6.45, 7) is 8.32. The zero-order valence-electron chi connectivity index (χ0n) is 21.0. The van der Waals surface area contributed by atoms with Crippen LogP contribution in [0.5, 0.6) is 0 Å². The number of amides is 1. The largest absolute Gasteiger partial charge is 0.382 e. The van der Waals surface area contributed by atoms with Crippen LogP contribution in [0, 0.1) is 17.2 Å². The molecule has 2 N–H and O–H groups in total. The third-order valence-electron chi connectivity index (χ3n) is 6.92. The molecule has 0 spiro atoms. The molecule has 9 heteroatoms. The van der Waals surface area contributed by atoms with Gasteiger partial charge in [0.1, 0.15) is 11.8 Å². The van der Waals surface area contributed by atoms with Gasteiger partial charge in [-0.1, -0.05) is 0 Å². The molecule has 0 atom stereocenters. The Balaban J connectivity index is 1.55. The molecular formula is C26H33N7O2. The van der Waals surface area contributed by atoms with E-state index < -0.39 is 0 Å². The van der Waals surface area contributed by atoms with Crippen LogP contribution in [0.3, 0.4) is 0 Å². The summed E-state index contributed by atoms with van der Waals surface area (Å²) >= 11 is 0. The van der Waals surface area contributed by atoms with Crippen LogP contribution in [-0.4, -0.2) is 50.3 Å². The molecule has 1 saturated carbocycles. The van der Waals surface area contributed by atoms with E-state index in [9.17, 15) is 4.79 Å². The van der Waals surface area contributed by atoms with Crippen LogP contribution in [0.4, 0.5) is 5.69 Å². The van der Waals surface area contributed by atoms with Gasteiger partial charge in [-0.15, -0.1) is 0 Å². The lowest BCUT2D eigenvalue weighted by Crippen LogP contribution is -2.42. The molecule has 184 valence electrons. The van der Waals surface area contributed by atoms with E-state index in [0.717, 1.165) is 25.7 Å². The number of methoxy groups -OCH3 is 1. The maximum absolute atomic E-state index is 13.3. The van der Waals surface area contributed by atoms with Crippen molar-refractivity contribution >= 4 is 17.2 Å². The smallest absolute Gasteiger partial charge is 0.255 e. The molecule has 0 bridgehead atoms. The fraction of sp³-hybridized carbons (Fsp3) is 0.500. The maximum Gasteiger partial charge on any atom is 0.255 e. The summed E-state index contributed by atoms with van der Waals surface area (Å²) in [5.74, 6) is 0.361. The average molecular weight is 476 g/mol. The van der Waals surface area contributed by atoms with Gasteiger partial charge < -0.3 is 15.4 Å². The summed E-state index contributed by atoms with van der Waals surface area (Å²) in [7, 11) is 1.76. The third-order valence-corrected chi connectivity index (χ3v) is 6.92. The Labute approximate surface area is 205 Å². The maximum atomic E-state index is 13.3. The number of aromatic nitrogens is 4. The first-order chi connectivity index (χ1) is 16.7. The van der Waals surface area contributed by atoms with E-state index in [1.54, 1.807) is 30.1 Å². The second kappa shape index (κ2) is 10.0. The van der Waals surface area contributed by atoms with Gasteiger partial charge in [-0.3, -0.25) is 9.78 Å². The topological polar surface area (TPSA) is 117 Å². The standard InChI is InChI=1S/C26H33N7O2/c1-16(2)31-21-11-22(23-15-29-24-10-17(12-27)13-30-33(23)24)28-14-20(21)25(34)32-19-8-6-18(7-9-19)26(3,4)35-5/h10-11,13-16,18-19H,6-9H2,1-5H3,(H,28,31)(H,32,34)/t18-,19-. The summed E-state index contributed by atoms with van der Waals surface area (Å²) in [4.78, 5) is 22.2. The highest BCUT2D eigenvalue weighted by atomic mass is 16.5. The van der Waals surface area contributed by atoms with E-state index >= 15 is 0 Å². The Bertz CT molecular complexity index is 1250. The Hall–Kier alpha value is -3.51. The van der Waals surface area contributed by atoms with Gasteiger partial charge in [-0.05, 0) is 65.4 Å². The van der Waals surface area contributed by atoms with Crippen molar-refractivity contribution in [1.82, 2.24) is 24.9 Å². The molecule has 1 amide bonds. The van der Waals surface area contributed by atoms with Crippen LogP contribution in [0.1, 0.15) is 69.3 Å². The summed E-state index contributed by atoms with van der Waals surface area (Å²) in [6.07, 6.45) is 8.68. The zero-order valence-corrected chi connectivity index (χ0v) is 21.0. The van der Waals surface area contributed by atoms with Gasteiger partial charge in [0.25, 0.3) is 5.91 Å². The fourth-order valence-corrected chi connectivity index (χ4v) is 4.68. The molecule has 4 rings (SSSR count). The van der Waals surface area contributed by atoms with Crippen molar-refractivity contribution in [3.8, 4) is 17.5 Å². The first kappa shape index (κ1) is 24.6. The van der Waals surface area contributed by atoms with Gasteiger partial charge in [0.2, 0.25) is 0 Å². The molecule has 9 nitrogen and oxygen atoms in total. The summed E-state index contributed by atoms with van der Waals surface area (Å²) in [6, 6.07) is 5.87. The fourth-order valence-electron chi connectivity index (χ4n) is 4.68. The van der Waals surface area contributed by atoms with Crippen LogP contribution >= 0.6 is 0 Å². The van der Waals surface area contributed by atoms with E-state index in [2.05, 4.69) is 45.6 Å². The van der Waals surface area contributed by atoms with Crippen LogP contribution < -0.4 is 10.6 Å². The van der Waals surface area contributed by atoms with E-state index in [0.29, 0.717) is 39.8 Å². The van der Waals surface area contributed by atoms with Crippen LogP contribution in [0.15, 0.2) is 30.7 Å². The van der Waals surface area contributed by atoms with Gasteiger partial charge >= 0.3 is 0 Å². The molecular weight excluding hydrogens is 442 g/mol. The number of nitriles is 1. The SMILES string of the molecule is COC(C)(C)[C@H]1CC[C@H](NC(=O)c2cnc(-c3cnc4cc(C#N)cnn34)cc2NC(C)C)CC1. The minimum Gasteiger partial charge on any atom is -0.382 e. The van der Waals surface area contributed by atoms with Gasteiger partial charge in [-0.2, -0.15) is 10.4 Å². The highest BCUT2D eigenvalue weighted by Crippen LogP contribution is 2.34. The molecule has 0 unspecified atom stereocenters. The number of carbonyl (C=O) groups excluding carboxylic acids is 1. The molecule has 0 aromatic carbocycles. The number of nitrogens with zero attached hydrogens (tertiary/aromatic N) is 5. The molecule has 3 heterocycles. The monoisotopic (exact) mass is 475 g/mol. The predicted molar refractivity (Wildman–Crippen MR) is 134 cm³/mol. The quantitative estimate of drug-likeness (QED) is 0.526. The second-order valence-corrected chi connectivity index (χ2v) is 10.0. The number of pyridine rings is 1. The van der Waals surface area contributed by atoms with Gasteiger partial charge in [0.15, 0.2) is 5.65 Å². The van der Waals surface area contributed by atoms with Crippen LogP contribution in [0.2, 0.25) is 0 Å². The van der Waals surface area contributed by atoms with Gasteiger partial charge in [0.05, 0.1) is 40.5 Å². The van der Waals surface area contributed by atoms with E-state index in [1.807, 2.05) is 19.9 Å². The van der Waals surface area contributed by atoms with Crippen molar-refractivity contribution in [1.29, 1.82) is 5.26 Å². The van der Waals surface area contributed by atoms with E-state index in [4.69, 9.17) is 10.00 Å². The van der Waals surface area contributed by atoms with Crippen LogP contribution in [0.25, 0.3) is 17.0 Å². The number of nitrogens with one attached hydrogen (secondary N) is 2. The predicted octanol–water partition coefficient (Wildman–Crippen LogP) is 4.20. The molecule has 0 saturated heterocycles. The van der Waals surface area contributed by atoms with Crippen molar-refractivity contribution in [3.63, 3.8) is 0 Å². The Kier molecular flexibility index (Phi) is 7.03. The van der Waals surface area contributed by atoms with Crippen LogP contribution in [-0.2, 0) is 4.74 Å². The third kappa shape index (κ3) is 5.28. The number of ether oxygens (including phenoxy) is 1. The Morgan fingerprint density at radius 1 is 1.17 bits per heavy atom. The van der Waals surface area contributed by atoms with Crippen molar-refractivity contribution < 1.29 is 9.53 Å². The zero-order chi connectivity index (χ0) is 25.2. The number of hydrogen-bond acceptors (Lipinski definition) is 7. The molecule has 1 fully saturated rings. The molecule has 0 radical (unpaired) electrons. The average Bonchev–Trinajstić information content (AvgIpc) is 3.27. The Morgan fingerprint density at radius 2 is 1.91 bits per heavy atom. The lowest BCUT2D eigenvalue weighted by Gasteiger charge is -2.38.